The first kappa shape index (κ1) is 18.5. The van der Waals surface area contributed by atoms with E-state index in [1.54, 1.807) is 24.3 Å². The first-order valence-corrected chi connectivity index (χ1v) is 8.33. The van der Waals surface area contributed by atoms with Gasteiger partial charge in [0, 0.05) is 23.9 Å². The molecule has 1 N–H and O–H groups in total. The zero-order valence-electron chi connectivity index (χ0n) is 13.6. The topological polar surface area (TPSA) is 69.0 Å². The van der Waals surface area contributed by atoms with E-state index >= 15 is 0 Å². The van der Waals surface area contributed by atoms with Gasteiger partial charge in [0.1, 0.15) is 24.7 Å². The molecule has 0 spiro atoms. The molecule has 1 atom stereocenters. The molecule has 26 heavy (non-hydrogen) atoms. The van der Waals surface area contributed by atoms with Crippen molar-refractivity contribution in [2.75, 3.05) is 0 Å². The van der Waals surface area contributed by atoms with Crippen molar-refractivity contribution in [3.8, 4) is 5.75 Å². The molecule has 3 rings (SSSR count). The third-order valence-electron chi connectivity index (χ3n) is 3.80. The lowest BCUT2D eigenvalue weighted by molar-refractivity contribution is -0.143. The van der Waals surface area contributed by atoms with Gasteiger partial charge in [0.25, 0.3) is 0 Å². The molecule has 6 nitrogen and oxygen atoms in total. The SMILES string of the molecule is O=C1CC[C@H](Cc2nc(COc3cccc(Cl)c3)nn2CC(F)(F)F)N1. The van der Waals surface area contributed by atoms with Crippen LogP contribution in [0.5, 0.6) is 5.75 Å². The summed E-state index contributed by atoms with van der Waals surface area (Å²) in [6.07, 6.45) is -3.31. The molecule has 1 aromatic carbocycles. The minimum absolute atomic E-state index is 0.0881. The lowest BCUT2D eigenvalue weighted by Gasteiger charge is -2.12. The Morgan fingerprint density at radius 1 is 1.38 bits per heavy atom. The standard InChI is InChI=1S/C16H16ClF3N4O2/c17-10-2-1-3-12(6-10)26-8-13-22-14(7-11-4-5-15(25)21-11)24(23-13)9-16(18,19)20/h1-3,6,11H,4-5,7-9H2,(H,21,25)/t11-/m1/s1. The fourth-order valence-corrected chi connectivity index (χ4v) is 2.87. The van der Waals surface area contributed by atoms with Gasteiger partial charge in [0.2, 0.25) is 5.91 Å². The predicted molar refractivity (Wildman–Crippen MR) is 86.7 cm³/mol. The van der Waals surface area contributed by atoms with Gasteiger partial charge in [-0.15, -0.1) is 0 Å². The van der Waals surface area contributed by atoms with Crippen molar-refractivity contribution in [2.24, 2.45) is 0 Å². The van der Waals surface area contributed by atoms with Crippen molar-refractivity contribution < 1.29 is 22.7 Å². The largest absolute Gasteiger partial charge is 0.485 e. The number of hydrogen-bond acceptors (Lipinski definition) is 4. The fourth-order valence-electron chi connectivity index (χ4n) is 2.69. The maximum absolute atomic E-state index is 12.8. The Morgan fingerprint density at radius 2 is 2.19 bits per heavy atom. The van der Waals surface area contributed by atoms with E-state index in [0.717, 1.165) is 4.68 Å². The Bertz CT molecular complexity index is 794. The van der Waals surface area contributed by atoms with Crippen LogP contribution < -0.4 is 10.1 Å². The second kappa shape index (κ2) is 7.53. The van der Waals surface area contributed by atoms with Crippen LogP contribution in [0.3, 0.4) is 0 Å². The number of halogens is 4. The first-order valence-electron chi connectivity index (χ1n) is 7.95. The molecule has 2 heterocycles. The van der Waals surface area contributed by atoms with Crippen LogP contribution in [0.25, 0.3) is 0 Å². The highest BCUT2D eigenvalue weighted by atomic mass is 35.5. The van der Waals surface area contributed by atoms with Crippen LogP contribution >= 0.6 is 11.6 Å². The van der Waals surface area contributed by atoms with Crippen LogP contribution in [-0.4, -0.2) is 32.9 Å². The summed E-state index contributed by atoms with van der Waals surface area (Å²) in [6.45, 7) is -1.33. The first-order chi connectivity index (χ1) is 12.3. The monoisotopic (exact) mass is 388 g/mol. The molecule has 1 aliphatic rings. The number of carbonyl (C=O) groups is 1. The van der Waals surface area contributed by atoms with Gasteiger partial charge < -0.3 is 10.1 Å². The van der Waals surface area contributed by atoms with Crippen LogP contribution in [0.2, 0.25) is 5.02 Å². The molecule has 1 aromatic heterocycles. The Kier molecular flexibility index (Phi) is 5.36. The Labute approximate surface area is 152 Å². The fraction of sp³-hybridized carbons (Fsp3) is 0.438. The van der Waals surface area contributed by atoms with Gasteiger partial charge in [-0.3, -0.25) is 4.79 Å². The number of ether oxygens (including phenoxy) is 1. The molecule has 1 aliphatic heterocycles. The number of nitrogens with one attached hydrogen (secondary N) is 1. The Hall–Kier alpha value is -2.29. The summed E-state index contributed by atoms with van der Waals surface area (Å²) in [5.74, 6) is 0.656. The smallest absolute Gasteiger partial charge is 0.408 e. The van der Waals surface area contributed by atoms with E-state index in [0.29, 0.717) is 23.6 Å². The second-order valence-corrected chi connectivity index (χ2v) is 6.41. The highest BCUT2D eigenvalue weighted by Gasteiger charge is 2.31. The normalized spacial score (nSPS) is 17.4. The lowest BCUT2D eigenvalue weighted by atomic mass is 10.1. The molecule has 0 unspecified atom stereocenters. The number of benzene rings is 1. The van der Waals surface area contributed by atoms with E-state index in [4.69, 9.17) is 16.3 Å². The summed E-state index contributed by atoms with van der Waals surface area (Å²) >= 11 is 5.86. The molecule has 2 aromatic rings. The molecule has 0 aliphatic carbocycles. The number of carbonyl (C=O) groups excluding carboxylic acids is 1. The second-order valence-electron chi connectivity index (χ2n) is 5.97. The van der Waals surface area contributed by atoms with Gasteiger partial charge in [-0.05, 0) is 24.6 Å². The third kappa shape index (κ3) is 5.10. The number of hydrogen-bond donors (Lipinski definition) is 1. The van der Waals surface area contributed by atoms with Crippen LogP contribution in [0.4, 0.5) is 13.2 Å². The summed E-state index contributed by atoms with van der Waals surface area (Å²) in [5.41, 5.74) is 0. The minimum atomic E-state index is -4.42. The minimum Gasteiger partial charge on any atom is -0.485 e. The molecule has 140 valence electrons. The maximum atomic E-state index is 12.8. The van der Waals surface area contributed by atoms with E-state index < -0.39 is 12.7 Å². The van der Waals surface area contributed by atoms with Crippen LogP contribution in [-0.2, 0) is 24.4 Å². The van der Waals surface area contributed by atoms with E-state index in [9.17, 15) is 18.0 Å². The van der Waals surface area contributed by atoms with Gasteiger partial charge >= 0.3 is 6.18 Å². The maximum Gasteiger partial charge on any atom is 0.408 e. The van der Waals surface area contributed by atoms with E-state index in [2.05, 4.69) is 15.4 Å². The highest BCUT2D eigenvalue weighted by Crippen LogP contribution is 2.21. The van der Waals surface area contributed by atoms with Crippen molar-refractivity contribution in [3.05, 3.63) is 40.9 Å². The van der Waals surface area contributed by atoms with E-state index in [1.807, 2.05) is 0 Å². The summed E-state index contributed by atoms with van der Waals surface area (Å²) in [5, 5.41) is 7.11. The zero-order chi connectivity index (χ0) is 18.7. The number of alkyl halides is 3. The molecule has 0 radical (unpaired) electrons. The average molecular weight is 389 g/mol. The zero-order valence-corrected chi connectivity index (χ0v) is 14.3. The van der Waals surface area contributed by atoms with Crippen molar-refractivity contribution in [1.82, 2.24) is 20.1 Å². The average Bonchev–Trinajstić information content (AvgIpc) is 3.11. The molecule has 1 saturated heterocycles. The van der Waals surface area contributed by atoms with Crippen molar-refractivity contribution in [2.45, 2.75) is 44.6 Å². The van der Waals surface area contributed by atoms with Crippen LogP contribution in [0.15, 0.2) is 24.3 Å². The number of amides is 1. The summed E-state index contributed by atoms with van der Waals surface area (Å²) in [7, 11) is 0. The number of nitrogens with zero attached hydrogens (tertiary/aromatic N) is 3. The summed E-state index contributed by atoms with van der Waals surface area (Å²) < 4.78 is 44.7. The van der Waals surface area contributed by atoms with Crippen LogP contribution in [0, 0.1) is 0 Å². The Morgan fingerprint density at radius 3 is 2.85 bits per heavy atom. The number of aromatic nitrogens is 3. The number of rotatable bonds is 6. The molecular weight excluding hydrogens is 373 g/mol. The molecular formula is C16H16ClF3N4O2. The van der Waals surface area contributed by atoms with Gasteiger partial charge in [0.15, 0.2) is 5.82 Å². The van der Waals surface area contributed by atoms with Crippen molar-refractivity contribution in [1.29, 1.82) is 0 Å². The third-order valence-corrected chi connectivity index (χ3v) is 4.03. The van der Waals surface area contributed by atoms with E-state index in [-0.39, 0.29) is 36.6 Å². The molecule has 0 bridgehead atoms. The van der Waals surface area contributed by atoms with Gasteiger partial charge in [-0.25, -0.2) is 9.67 Å². The van der Waals surface area contributed by atoms with Gasteiger partial charge in [-0.1, -0.05) is 17.7 Å². The molecule has 1 fully saturated rings. The highest BCUT2D eigenvalue weighted by molar-refractivity contribution is 6.30. The van der Waals surface area contributed by atoms with Gasteiger partial charge in [-0.2, -0.15) is 18.3 Å². The summed E-state index contributed by atoms with van der Waals surface area (Å²) in [4.78, 5) is 15.4. The summed E-state index contributed by atoms with van der Waals surface area (Å²) in [6, 6.07) is 6.40. The molecule has 1 amide bonds. The lowest BCUT2D eigenvalue weighted by Crippen LogP contribution is -2.29. The molecule has 0 saturated carbocycles. The Balaban J connectivity index is 1.73. The van der Waals surface area contributed by atoms with Crippen molar-refractivity contribution >= 4 is 17.5 Å². The quantitative estimate of drug-likeness (QED) is 0.826. The molecule has 10 heteroatoms. The predicted octanol–water partition coefficient (Wildman–Crippen LogP) is 2.89. The van der Waals surface area contributed by atoms with E-state index in [1.165, 1.54) is 0 Å². The van der Waals surface area contributed by atoms with Gasteiger partial charge in [0.05, 0.1) is 0 Å². The van der Waals surface area contributed by atoms with Crippen LogP contribution in [0.1, 0.15) is 24.5 Å². The van der Waals surface area contributed by atoms with Crippen molar-refractivity contribution in [3.63, 3.8) is 0 Å².